The Labute approximate surface area is 195 Å². The van der Waals surface area contributed by atoms with E-state index in [1.165, 1.54) is 23.5 Å². The monoisotopic (exact) mass is 511 g/mol. The number of hydrogen-bond donors (Lipinski definition) is 1. The first-order chi connectivity index (χ1) is 15.4. The molecule has 0 aliphatic carbocycles. The molecule has 2 aromatic heterocycles. The van der Waals surface area contributed by atoms with Gasteiger partial charge in [0.05, 0.1) is 5.56 Å². The minimum atomic E-state index is -4.35. The molecule has 0 saturated carbocycles. The lowest BCUT2D eigenvalue weighted by Crippen LogP contribution is -2.04. The molecule has 0 amide bonds. The molecule has 1 nitrogen and oxygen atoms in total. The summed E-state index contributed by atoms with van der Waals surface area (Å²) in [6.07, 6.45) is -3.66. The summed E-state index contributed by atoms with van der Waals surface area (Å²) in [7, 11) is 0. The average molecular weight is 512 g/mol. The number of hydrogen-bond acceptors (Lipinski definition) is 1. The Balaban J connectivity index is 1.48. The van der Waals surface area contributed by atoms with Crippen molar-refractivity contribution in [2.24, 2.45) is 0 Å². The van der Waals surface area contributed by atoms with Crippen molar-refractivity contribution in [1.82, 2.24) is 4.98 Å². The highest BCUT2D eigenvalue weighted by molar-refractivity contribution is 9.10. The van der Waals surface area contributed by atoms with E-state index in [0.29, 0.717) is 12.0 Å². The molecule has 6 heteroatoms. The van der Waals surface area contributed by atoms with Gasteiger partial charge in [0.1, 0.15) is 0 Å². The topological polar surface area (TPSA) is 15.8 Å². The van der Waals surface area contributed by atoms with E-state index in [1.807, 2.05) is 30.3 Å². The second-order valence-electron chi connectivity index (χ2n) is 7.59. The Hall–Kier alpha value is -2.83. The zero-order chi connectivity index (χ0) is 22.3. The first-order valence-corrected chi connectivity index (χ1v) is 11.6. The predicted octanol–water partition coefficient (Wildman–Crippen LogP) is 8.94. The van der Waals surface area contributed by atoms with Gasteiger partial charge in [-0.15, -0.1) is 11.3 Å². The normalized spacial score (nSPS) is 11.9. The lowest BCUT2D eigenvalue weighted by atomic mass is 10.0. The smallest absolute Gasteiger partial charge is 0.355 e. The molecule has 0 saturated heterocycles. The van der Waals surface area contributed by atoms with Gasteiger partial charge in [-0.05, 0) is 59.7 Å². The number of para-hydroxylation sites is 1. The molecule has 0 unspecified atom stereocenters. The van der Waals surface area contributed by atoms with Crippen molar-refractivity contribution in [3.05, 3.63) is 105 Å². The van der Waals surface area contributed by atoms with Crippen LogP contribution in [0.2, 0.25) is 0 Å². The van der Waals surface area contributed by atoms with Crippen LogP contribution in [0.25, 0.3) is 32.6 Å². The molecule has 2 heterocycles. The van der Waals surface area contributed by atoms with Crippen LogP contribution in [0.4, 0.5) is 13.2 Å². The lowest BCUT2D eigenvalue weighted by molar-refractivity contribution is -0.137. The van der Waals surface area contributed by atoms with Gasteiger partial charge < -0.3 is 4.98 Å². The molecule has 0 aliphatic heterocycles. The van der Waals surface area contributed by atoms with E-state index < -0.39 is 11.7 Å². The van der Waals surface area contributed by atoms with Crippen molar-refractivity contribution in [3.8, 4) is 21.7 Å². The zero-order valence-electron chi connectivity index (χ0n) is 16.7. The fourth-order valence-electron chi connectivity index (χ4n) is 3.85. The van der Waals surface area contributed by atoms with E-state index in [9.17, 15) is 13.2 Å². The highest BCUT2D eigenvalue weighted by Gasteiger charge is 2.30. The summed E-state index contributed by atoms with van der Waals surface area (Å²) in [5.74, 6) is 0. The van der Waals surface area contributed by atoms with Crippen molar-refractivity contribution in [2.75, 3.05) is 0 Å². The number of halogens is 4. The Bertz CT molecular complexity index is 1380. The van der Waals surface area contributed by atoms with Crippen molar-refractivity contribution < 1.29 is 13.2 Å². The summed E-state index contributed by atoms with van der Waals surface area (Å²) < 4.78 is 40.3. The van der Waals surface area contributed by atoms with Crippen molar-refractivity contribution in [2.45, 2.75) is 12.6 Å². The maximum absolute atomic E-state index is 13.1. The van der Waals surface area contributed by atoms with Crippen LogP contribution in [0.5, 0.6) is 0 Å². The van der Waals surface area contributed by atoms with E-state index in [4.69, 9.17) is 0 Å². The van der Waals surface area contributed by atoms with Crippen LogP contribution in [0.15, 0.2) is 89.4 Å². The molecular formula is C26H17BrF3NS. The molecule has 3 aromatic carbocycles. The zero-order valence-corrected chi connectivity index (χ0v) is 19.1. The van der Waals surface area contributed by atoms with Crippen LogP contribution in [0.1, 0.15) is 16.0 Å². The molecule has 0 bridgehead atoms. The molecule has 160 valence electrons. The van der Waals surface area contributed by atoms with Crippen LogP contribution in [-0.2, 0) is 12.6 Å². The second kappa shape index (κ2) is 8.26. The predicted molar refractivity (Wildman–Crippen MR) is 129 cm³/mol. The summed E-state index contributed by atoms with van der Waals surface area (Å²) in [6.45, 7) is 0. The maximum Gasteiger partial charge on any atom is 0.416 e. The van der Waals surface area contributed by atoms with Crippen molar-refractivity contribution >= 4 is 38.2 Å². The second-order valence-corrected chi connectivity index (χ2v) is 9.68. The molecule has 0 aliphatic rings. The summed E-state index contributed by atoms with van der Waals surface area (Å²) in [4.78, 5) is 5.41. The van der Waals surface area contributed by atoms with Gasteiger partial charge in [-0.1, -0.05) is 52.3 Å². The van der Waals surface area contributed by atoms with Gasteiger partial charge in [0, 0.05) is 42.8 Å². The molecule has 5 aromatic rings. The van der Waals surface area contributed by atoms with Gasteiger partial charge in [0.2, 0.25) is 0 Å². The number of benzene rings is 3. The Kier molecular flexibility index (Phi) is 5.43. The Morgan fingerprint density at radius 3 is 2.50 bits per heavy atom. The van der Waals surface area contributed by atoms with Crippen LogP contribution in [-0.4, -0.2) is 4.98 Å². The molecule has 5 rings (SSSR count). The van der Waals surface area contributed by atoms with Crippen LogP contribution < -0.4 is 0 Å². The lowest BCUT2D eigenvalue weighted by Gasteiger charge is -2.09. The van der Waals surface area contributed by atoms with Crippen LogP contribution in [0.3, 0.4) is 0 Å². The largest absolute Gasteiger partial charge is 0.416 e. The van der Waals surface area contributed by atoms with E-state index in [0.717, 1.165) is 48.0 Å². The number of nitrogens with one attached hydrogen (secondary N) is 1. The van der Waals surface area contributed by atoms with E-state index in [-0.39, 0.29) is 0 Å². The minimum absolute atomic E-state index is 0.584. The third-order valence-corrected chi connectivity index (χ3v) is 7.02. The Morgan fingerprint density at radius 1 is 0.844 bits per heavy atom. The molecular weight excluding hydrogens is 495 g/mol. The molecule has 1 N–H and O–H groups in total. The van der Waals surface area contributed by atoms with Crippen molar-refractivity contribution in [3.63, 3.8) is 0 Å². The first-order valence-electron chi connectivity index (χ1n) is 10.00. The fraction of sp³-hybridized carbons (Fsp3) is 0.0769. The number of fused-ring (bicyclic) bond motifs is 1. The van der Waals surface area contributed by atoms with E-state index in [2.05, 4.69) is 51.2 Å². The summed E-state index contributed by atoms with van der Waals surface area (Å²) in [5.41, 5.74) is 4.34. The van der Waals surface area contributed by atoms with Crippen LogP contribution >= 0.6 is 27.3 Å². The third-order valence-electron chi connectivity index (χ3n) is 5.39. The molecule has 0 radical (unpaired) electrons. The SMILES string of the molecule is FC(F)(F)c1cccc(-c2ccc(Cc3cc(Br)ccc3-c3cc4ccccc4[nH]3)s2)c1. The molecule has 32 heavy (non-hydrogen) atoms. The summed E-state index contributed by atoms with van der Waals surface area (Å²) in [6, 6.07) is 25.9. The number of alkyl halides is 3. The van der Waals surface area contributed by atoms with Gasteiger partial charge in [0.15, 0.2) is 0 Å². The fourth-order valence-corrected chi connectivity index (χ4v) is 5.29. The number of aromatic amines is 1. The van der Waals surface area contributed by atoms with Gasteiger partial charge in [-0.3, -0.25) is 0 Å². The average Bonchev–Trinajstić information content (AvgIpc) is 3.40. The molecule has 0 fully saturated rings. The van der Waals surface area contributed by atoms with E-state index in [1.54, 1.807) is 6.07 Å². The quantitative estimate of drug-likeness (QED) is 0.248. The highest BCUT2D eigenvalue weighted by atomic mass is 79.9. The molecule has 0 atom stereocenters. The maximum atomic E-state index is 13.1. The summed E-state index contributed by atoms with van der Waals surface area (Å²) >= 11 is 5.09. The van der Waals surface area contributed by atoms with Gasteiger partial charge in [0.25, 0.3) is 0 Å². The van der Waals surface area contributed by atoms with E-state index >= 15 is 0 Å². The van der Waals surface area contributed by atoms with Gasteiger partial charge >= 0.3 is 6.18 Å². The van der Waals surface area contributed by atoms with Gasteiger partial charge in [-0.25, -0.2) is 0 Å². The number of thiophene rings is 1. The standard InChI is InChI=1S/C26H17BrF3NS/c27-20-8-10-22(24-15-16-4-1-2-7-23(16)31-24)18(13-20)14-21-9-11-25(32-21)17-5-3-6-19(12-17)26(28,29)30/h1-13,15,31H,14H2. The number of aromatic nitrogens is 1. The van der Waals surface area contributed by atoms with Gasteiger partial charge in [-0.2, -0.15) is 13.2 Å². The minimum Gasteiger partial charge on any atom is -0.355 e. The van der Waals surface area contributed by atoms with Crippen molar-refractivity contribution in [1.29, 1.82) is 0 Å². The third kappa shape index (κ3) is 4.25. The first kappa shape index (κ1) is 21.0. The number of H-pyrrole nitrogens is 1. The molecule has 0 spiro atoms. The number of rotatable bonds is 4. The highest BCUT2D eigenvalue weighted by Crippen LogP contribution is 2.36. The summed E-state index contributed by atoms with van der Waals surface area (Å²) in [5, 5.41) is 1.15. The van der Waals surface area contributed by atoms with Crippen LogP contribution in [0, 0.1) is 0 Å². The Morgan fingerprint density at radius 2 is 1.69 bits per heavy atom.